The molecule has 3 atom stereocenters. The Bertz CT molecular complexity index is 1590. The maximum atomic E-state index is 13.5. The number of hydrogen-bond acceptors (Lipinski definition) is 6. The van der Waals surface area contributed by atoms with E-state index < -0.39 is 10.0 Å². The third kappa shape index (κ3) is 4.11. The van der Waals surface area contributed by atoms with Crippen molar-refractivity contribution in [1.82, 2.24) is 28.5 Å². The van der Waals surface area contributed by atoms with Crippen LogP contribution in [0.25, 0.3) is 16.8 Å². The monoisotopic (exact) mass is 520 g/mol. The number of benzene rings is 1. The van der Waals surface area contributed by atoms with Crippen LogP contribution in [0.5, 0.6) is 0 Å². The van der Waals surface area contributed by atoms with Crippen molar-refractivity contribution in [2.24, 2.45) is 11.8 Å². The molecule has 3 heterocycles. The van der Waals surface area contributed by atoms with Gasteiger partial charge in [0.1, 0.15) is 5.82 Å². The van der Waals surface area contributed by atoms with Gasteiger partial charge in [-0.05, 0) is 62.6 Å². The van der Waals surface area contributed by atoms with Crippen molar-refractivity contribution in [2.45, 2.75) is 69.7 Å². The molecule has 0 bridgehead atoms. The lowest BCUT2D eigenvalue weighted by Crippen LogP contribution is -2.39. The van der Waals surface area contributed by atoms with E-state index in [1.165, 1.54) is 16.8 Å². The third-order valence-corrected chi connectivity index (χ3v) is 9.84. The van der Waals surface area contributed by atoms with Crippen LogP contribution in [0, 0.1) is 18.8 Å². The Kier molecular flexibility index (Phi) is 5.82. The number of rotatable bonds is 7. The molecule has 2 aliphatic carbocycles. The maximum Gasteiger partial charge on any atom is 0.269 e. The Balaban J connectivity index is 1.41. The molecule has 4 aromatic rings. The first-order valence-corrected chi connectivity index (χ1v) is 14.5. The number of amides is 1. The fraction of sp³-hybridized carbons (Fsp3) is 0.481. The molecule has 2 aliphatic rings. The van der Waals surface area contributed by atoms with Gasteiger partial charge in [-0.25, -0.2) is 17.4 Å². The summed E-state index contributed by atoms with van der Waals surface area (Å²) in [4.78, 5) is 19.3. The maximum absolute atomic E-state index is 13.5. The molecule has 2 fully saturated rings. The van der Waals surface area contributed by atoms with Gasteiger partial charge in [0.25, 0.3) is 10.0 Å². The quantitative estimate of drug-likeness (QED) is 0.363. The first kappa shape index (κ1) is 24.1. The molecule has 2 saturated carbocycles. The van der Waals surface area contributed by atoms with Crippen LogP contribution in [-0.2, 0) is 14.8 Å². The Morgan fingerprint density at radius 3 is 2.54 bits per heavy atom. The van der Waals surface area contributed by atoms with E-state index in [2.05, 4.69) is 27.0 Å². The number of aromatic nitrogens is 5. The van der Waals surface area contributed by atoms with Crippen LogP contribution in [0.15, 0.2) is 47.6 Å². The lowest BCUT2D eigenvalue weighted by atomic mass is 9.93. The molecule has 0 unspecified atom stereocenters. The van der Waals surface area contributed by atoms with Crippen molar-refractivity contribution in [1.29, 1.82) is 0 Å². The SMILES string of the molecule is CC[C@@H]1C[C@H](N(CC2CC2)C(C)=O)C[C@@H]1c1nnc2cnc3c(ccn3S(=O)(=O)c3ccc(C)cc3)n12. The number of aryl methyl sites for hydroxylation is 1. The van der Waals surface area contributed by atoms with Gasteiger partial charge in [-0.1, -0.05) is 31.0 Å². The first-order valence-electron chi connectivity index (χ1n) is 13.1. The van der Waals surface area contributed by atoms with Gasteiger partial charge in [-0.15, -0.1) is 10.2 Å². The van der Waals surface area contributed by atoms with E-state index in [1.54, 1.807) is 49.6 Å². The Hall–Kier alpha value is -3.27. The third-order valence-electron chi connectivity index (χ3n) is 8.16. The molecule has 37 heavy (non-hydrogen) atoms. The number of carbonyl (C=O) groups is 1. The van der Waals surface area contributed by atoms with Crippen molar-refractivity contribution in [3.05, 3.63) is 54.1 Å². The van der Waals surface area contributed by atoms with Gasteiger partial charge in [0.15, 0.2) is 11.3 Å². The van der Waals surface area contributed by atoms with Gasteiger partial charge in [0.2, 0.25) is 5.91 Å². The summed E-state index contributed by atoms with van der Waals surface area (Å²) in [5, 5.41) is 8.98. The summed E-state index contributed by atoms with van der Waals surface area (Å²) in [5.74, 6) is 2.08. The lowest BCUT2D eigenvalue weighted by Gasteiger charge is -2.28. The van der Waals surface area contributed by atoms with Gasteiger partial charge < -0.3 is 4.90 Å². The summed E-state index contributed by atoms with van der Waals surface area (Å²) < 4.78 is 30.1. The Labute approximate surface area is 216 Å². The summed E-state index contributed by atoms with van der Waals surface area (Å²) in [6.07, 6.45) is 8.30. The van der Waals surface area contributed by atoms with E-state index in [0.717, 1.165) is 37.2 Å². The zero-order valence-electron chi connectivity index (χ0n) is 21.4. The van der Waals surface area contributed by atoms with Gasteiger partial charge in [0, 0.05) is 31.6 Å². The van der Waals surface area contributed by atoms with Crippen LogP contribution in [0.1, 0.15) is 63.3 Å². The smallest absolute Gasteiger partial charge is 0.269 e. The molecule has 1 aromatic carbocycles. The van der Waals surface area contributed by atoms with Crippen molar-refractivity contribution in [2.75, 3.05) is 6.54 Å². The Morgan fingerprint density at radius 2 is 1.86 bits per heavy atom. The van der Waals surface area contributed by atoms with Gasteiger partial charge >= 0.3 is 0 Å². The van der Waals surface area contributed by atoms with E-state index in [-0.39, 0.29) is 22.8 Å². The van der Waals surface area contributed by atoms with Crippen LogP contribution in [0.2, 0.25) is 0 Å². The first-order chi connectivity index (χ1) is 17.8. The summed E-state index contributed by atoms with van der Waals surface area (Å²) in [5.41, 5.74) is 2.59. The fourth-order valence-corrected chi connectivity index (χ4v) is 7.24. The van der Waals surface area contributed by atoms with E-state index in [9.17, 15) is 13.2 Å². The number of nitrogens with zero attached hydrogens (tertiary/aromatic N) is 6. The molecule has 9 nitrogen and oxygen atoms in total. The van der Waals surface area contributed by atoms with Crippen molar-refractivity contribution >= 4 is 32.7 Å². The van der Waals surface area contributed by atoms with Crippen LogP contribution in [0.4, 0.5) is 0 Å². The van der Waals surface area contributed by atoms with Crippen molar-refractivity contribution in [3.63, 3.8) is 0 Å². The summed E-state index contributed by atoms with van der Waals surface area (Å²) in [7, 11) is -3.82. The zero-order chi connectivity index (χ0) is 25.9. The second-order valence-corrected chi connectivity index (χ2v) is 12.5. The van der Waals surface area contributed by atoms with Crippen LogP contribution in [0.3, 0.4) is 0 Å². The molecule has 0 saturated heterocycles. The van der Waals surface area contributed by atoms with Crippen molar-refractivity contribution in [3.8, 4) is 0 Å². The summed E-state index contributed by atoms with van der Waals surface area (Å²) in [6, 6.07) is 8.77. The van der Waals surface area contributed by atoms with Crippen LogP contribution < -0.4 is 0 Å². The average molecular weight is 521 g/mol. The van der Waals surface area contributed by atoms with Crippen LogP contribution >= 0.6 is 0 Å². The second-order valence-electron chi connectivity index (χ2n) is 10.7. The van der Waals surface area contributed by atoms with Crippen LogP contribution in [-0.4, -0.2) is 55.4 Å². The lowest BCUT2D eigenvalue weighted by molar-refractivity contribution is -0.131. The van der Waals surface area contributed by atoms with Gasteiger partial charge in [-0.3, -0.25) is 9.20 Å². The minimum absolute atomic E-state index is 0.119. The van der Waals surface area contributed by atoms with Gasteiger partial charge in [-0.2, -0.15) is 0 Å². The van der Waals surface area contributed by atoms with E-state index in [4.69, 9.17) is 0 Å². The largest absolute Gasteiger partial charge is 0.340 e. The normalized spacial score (nSPS) is 22.2. The van der Waals surface area contributed by atoms with E-state index in [1.807, 2.05) is 11.3 Å². The number of fused-ring (bicyclic) bond motifs is 3. The minimum Gasteiger partial charge on any atom is -0.340 e. The van der Waals surface area contributed by atoms with E-state index >= 15 is 0 Å². The molecule has 3 aromatic heterocycles. The highest BCUT2D eigenvalue weighted by atomic mass is 32.2. The summed E-state index contributed by atoms with van der Waals surface area (Å²) in [6.45, 7) is 6.63. The Morgan fingerprint density at radius 1 is 1.11 bits per heavy atom. The predicted octanol–water partition coefficient (Wildman–Crippen LogP) is 4.16. The highest BCUT2D eigenvalue weighted by Crippen LogP contribution is 2.44. The summed E-state index contributed by atoms with van der Waals surface area (Å²) >= 11 is 0. The van der Waals surface area contributed by atoms with Gasteiger partial charge in [0.05, 0.1) is 16.6 Å². The molecule has 0 aliphatic heterocycles. The highest BCUT2D eigenvalue weighted by Gasteiger charge is 2.41. The zero-order valence-corrected chi connectivity index (χ0v) is 22.2. The molecule has 0 spiro atoms. The average Bonchev–Trinajstić information content (AvgIpc) is 3.26. The standard InChI is InChI=1S/C27H32N6O3S/c1-4-20-13-21(31(18(3)34)16-19-7-8-19)14-23(20)26-30-29-25-15-28-27-24(33(25)26)11-12-32(27)37(35,36)22-9-5-17(2)6-10-22/h5-6,9-12,15,19-21,23H,4,7-8,13-14,16H2,1-3H3/t20-,21+,23+/m1/s1. The highest BCUT2D eigenvalue weighted by molar-refractivity contribution is 7.90. The van der Waals surface area contributed by atoms with Crippen molar-refractivity contribution < 1.29 is 13.2 Å². The molecule has 0 N–H and O–H groups in total. The topological polar surface area (TPSA) is 102 Å². The minimum atomic E-state index is -3.82. The fourth-order valence-electron chi connectivity index (χ4n) is 5.94. The van der Waals surface area contributed by atoms with E-state index in [0.29, 0.717) is 28.6 Å². The molecule has 10 heteroatoms. The molecule has 194 valence electrons. The second kappa shape index (κ2) is 8.93. The molecular weight excluding hydrogens is 488 g/mol. The molecule has 0 radical (unpaired) electrons. The molecule has 1 amide bonds. The number of hydrogen-bond donors (Lipinski definition) is 0. The predicted molar refractivity (Wildman–Crippen MR) is 140 cm³/mol. The molecule has 6 rings (SSSR count). The molecular formula is C27H32N6O3S. The number of carbonyl (C=O) groups excluding carboxylic acids is 1.